The van der Waals surface area contributed by atoms with Gasteiger partial charge in [-0.05, 0) is 45.4 Å². The van der Waals surface area contributed by atoms with E-state index in [1.54, 1.807) is 6.92 Å². The van der Waals surface area contributed by atoms with Gasteiger partial charge >= 0.3 is 12.0 Å². The molecule has 1 aliphatic heterocycles. The number of carbonyl (C=O) groups excluding carboxylic acids is 1. The molecule has 0 aromatic heterocycles. The largest absolute Gasteiger partial charge is 0.480 e. The van der Waals surface area contributed by atoms with Crippen LogP contribution in [0.4, 0.5) is 4.79 Å². The number of nitrogens with zero attached hydrogens (tertiary/aromatic N) is 1. The minimum absolute atomic E-state index is 0.0774. The fraction of sp³-hybridized carbons (Fsp3) is 0.857. The maximum atomic E-state index is 12.2. The summed E-state index contributed by atoms with van der Waals surface area (Å²) in [7, 11) is 0. The first-order valence-corrected chi connectivity index (χ1v) is 7.09. The molecule has 0 bridgehead atoms. The van der Waals surface area contributed by atoms with Crippen LogP contribution >= 0.6 is 0 Å². The molecule has 0 aromatic carbocycles. The Kier molecular flexibility index (Phi) is 5.20. The van der Waals surface area contributed by atoms with Gasteiger partial charge in [0.1, 0.15) is 5.54 Å². The molecular formula is C14H26N2O3. The third-order valence-electron chi connectivity index (χ3n) is 3.89. The quantitative estimate of drug-likeness (QED) is 0.806. The maximum Gasteiger partial charge on any atom is 0.329 e. The monoisotopic (exact) mass is 270 g/mol. The number of carbonyl (C=O) groups is 2. The third kappa shape index (κ3) is 3.85. The molecule has 0 aromatic rings. The second-order valence-electron chi connectivity index (χ2n) is 6.16. The zero-order valence-electron chi connectivity index (χ0n) is 12.4. The fourth-order valence-electron chi connectivity index (χ4n) is 2.46. The summed E-state index contributed by atoms with van der Waals surface area (Å²) in [6, 6.07) is -0.174. The van der Waals surface area contributed by atoms with Gasteiger partial charge in [-0.25, -0.2) is 9.59 Å². The molecule has 1 heterocycles. The molecule has 5 heteroatoms. The van der Waals surface area contributed by atoms with Crippen LogP contribution in [0.1, 0.15) is 53.4 Å². The van der Waals surface area contributed by atoms with Gasteiger partial charge in [-0.1, -0.05) is 13.8 Å². The number of urea groups is 1. The Balaban J connectivity index is 2.55. The van der Waals surface area contributed by atoms with Gasteiger partial charge in [0.15, 0.2) is 0 Å². The Labute approximate surface area is 115 Å². The average molecular weight is 270 g/mol. The van der Waals surface area contributed by atoms with Gasteiger partial charge in [0.05, 0.1) is 0 Å². The van der Waals surface area contributed by atoms with Crippen LogP contribution in [0.25, 0.3) is 0 Å². The first-order chi connectivity index (χ1) is 8.77. The Bertz CT molecular complexity index is 344. The summed E-state index contributed by atoms with van der Waals surface area (Å²) in [6.07, 6.45) is 3.24. The molecule has 2 atom stereocenters. The number of hydrogen-bond acceptors (Lipinski definition) is 2. The van der Waals surface area contributed by atoms with E-state index in [0.29, 0.717) is 18.9 Å². The van der Waals surface area contributed by atoms with E-state index in [9.17, 15) is 14.7 Å². The molecule has 1 rings (SSSR count). The minimum atomic E-state index is -1.05. The van der Waals surface area contributed by atoms with Crippen molar-refractivity contribution in [1.82, 2.24) is 10.2 Å². The molecule has 110 valence electrons. The van der Waals surface area contributed by atoms with Crippen molar-refractivity contribution in [2.75, 3.05) is 6.54 Å². The molecule has 2 N–H and O–H groups in total. The molecule has 0 saturated carbocycles. The number of likely N-dealkylation sites (tertiary alicyclic amines) is 1. The van der Waals surface area contributed by atoms with E-state index in [0.717, 1.165) is 19.3 Å². The van der Waals surface area contributed by atoms with E-state index in [2.05, 4.69) is 19.2 Å². The van der Waals surface area contributed by atoms with Crippen LogP contribution in [-0.2, 0) is 4.79 Å². The van der Waals surface area contributed by atoms with Crippen LogP contribution in [0.3, 0.4) is 0 Å². The minimum Gasteiger partial charge on any atom is -0.480 e. The zero-order valence-corrected chi connectivity index (χ0v) is 12.4. The van der Waals surface area contributed by atoms with Gasteiger partial charge < -0.3 is 15.3 Å². The van der Waals surface area contributed by atoms with E-state index < -0.39 is 11.5 Å². The van der Waals surface area contributed by atoms with Crippen LogP contribution in [0.2, 0.25) is 0 Å². The highest BCUT2D eigenvalue weighted by Crippen LogP contribution is 2.29. The van der Waals surface area contributed by atoms with Gasteiger partial charge in [-0.3, -0.25) is 0 Å². The lowest BCUT2D eigenvalue weighted by Gasteiger charge is -2.32. The van der Waals surface area contributed by atoms with Gasteiger partial charge in [0.2, 0.25) is 0 Å². The SMILES string of the molecule is CC(C)CCC(C)NC(=O)N1CCCC1(C)C(=O)O. The average Bonchev–Trinajstić information content (AvgIpc) is 2.70. The van der Waals surface area contributed by atoms with Crippen molar-refractivity contribution in [3.05, 3.63) is 0 Å². The predicted molar refractivity (Wildman–Crippen MR) is 74.0 cm³/mol. The molecule has 2 unspecified atom stereocenters. The molecule has 1 saturated heterocycles. The summed E-state index contributed by atoms with van der Waals surface area (Å²) < 4.78 is 0. The van der Waals surface area contributed by atoms with Crippen LogP contribution in [0.15, 0.2) is 0 Å². The van der Waals surface area contributed by atoms with E-state index in [1.807, 2.05) is 6.92 Å². The third-order valence-corrected chi connectivity index (χ3v) is 3.89. The molecule has 0 radical (unpaired) electrons. The number of rotatable bonds is 5. The highest BCUT2D eigenvalue weighted by atomic mass is 16.4. The fourth-order valence-corrected chi connectivity index (χ4v) is 2.46. The van der Waals surface area contributed by atoms with Crippen molar-refractivity contribution in [3.8, 4) is 0 Å². The molecule has 2 amide bonds. The lowest BCUT2D eigenvalue weighted by atomic mass is 9.99. The molecule has 0 aliphatic carbocycles. The Morgan fingerprint density at radius 2 is 1.95 bits per heavy atom. The Hall–Kier alpha value is -1.26. The van der Waals surface area contributed by atoms with E-state index in [4.69, 9.17) is 0 Å². The second-order valence-corrected chi connectivity index (χ2v) is 6.16. The summed E-state index contributed by atoms with van der Waals surface area (Å²) in [5.74, 6) is -0.314. The second kappa shape index (κ2) is 6.26. The number of carboxylic acids is 1. The summed E-state index contributed by atoms with van der Waals surface area (Å²) in [5.41, 5.74) is -1.05. The summed E-state index contributed by atoms with van der Waals surface area (Å²) in [4.78, 5) is 24.9. The van der Waals surface area contributed by atoms with Gasteiger partial charge in [-0.2, -0.15) is 0 Å². The first kappa shape index (κ1) is 15.8. The number of nitrogens with one attached hydrogen (secondary N) is 1. The van der Waals surface area contributed by atoms with Crippen LogP contribution in [0, 0.1) is 5.92 Å². The predicted octanol–water partition coefficient (Wildman–Crippen LogP) is 2.46. The molecule has 1 aliphatic rings. The molecule has 0 spiro atoms. The summed E-state index contributed by atoms with van der Waals surface area (Å²) in [5, 5.41) is 12.2. The van der Waals surface area contributed by atoms with Gasteiger partial charge in [0, 0.05) is 12.6 Å². The number of aliphatic carboxylic acids is 1. The lowest BCUT2D eigenvalue weighted by Crippen LogP contribution is -2.55. The number of hydrogen-bond donors (Lipinski definition) is 2. The van der Waals surface area contributed by atoms with Crippen molar-refractivity contribution < 1.29 is 14.7 Å². The molecular weight excluding hydrogens is 244 g/mol. The Morgan fingerprint density at radius 1 is 1.32 bits per heavy atom. The number of carboxylic acid groups (broad SMARTS) is 1. The summed E-state index contributed by atoms with van der Waals surface area (Å²) >= 11 is 0. The normalized spacial score (nSPS) is 24.6. The molecule has 19 heavy (non-hydrogen) atoms. The smallest absolute Gasteiger partial charge is 0.329 e. The van der Waals surface area contributed by atoms with Crippen molar-refractivity contribution in [1.29, 1.82) is 0 Å². The van der Waals surface area contributed by atoms with E-state index in [1.165, 1.54) is 4.90 Å². The van der Waals surface area contributed by atoms with Crippen LogP contribution < -0.4 is 5.32 Å². The highest BCUT2D eigenvalue weighted by molar-refractivity contribution is 5.86. The van der Waals surface area contributed by atoms with Crippen LogP contribution in [-0.4, -0.2) is 40.1 Å². The number of amides is 2. The van der Waals surface area contributed by atoms with Crippen molar-refractivity contribution in [2.24, 2.45) is 5.92 Å². The topological polar surface area (TPSA) is 69.6 Å². The van der Waals surface area contributed by atoms with E-state index in [-0.39, 0.29) is 12.1 Å². The molecule has 5 nitrogen and oxygen atoms in total. The summed E-state index contributed by atoms with van der Waals surface area (Å²) in [6.45, 7) is 8.41. The van der Waals surface area contributed by atoms with Crippen molar-refractivity contribution >= 4 is 12.0 Å². The van der Waals surface area contributed by atoms with Crippen molar-refractivity contribution in [3.63, 3.8) is 0 Å². The van der Waals surface area contributed by atoms with E-state index >= 15 is 0 Å². The Morgan fingerprint density at radius 3 is 2.47 bits per heavy atom. The zero-order chi connectivity index (χ0) is 14.6. The maximum absolute atomic E-state index is 12.2. The van der Waals surface area contributed by atoms with Crippen molar-refractivity contribution in [2.45, 2.75) is 65.0 Å². The first-order valence-electron chi connectivity index (χ1n) is 7.09. The lowest BCUT2D eigenvalue weighted by molar-refractivity contribution is -0.147. The van der Waals surface area contributed by atoms with Gasteiger partial charge in [0.25, 0.3) is 0 Å². The molecule has 1 fully saturated rings. The van der Waals surface area contributed by atoms with Crippen LogP contribution in [0.5, 0.6) is 0 Å². The van der Waals surface area contributed by atoms with Gasteiger partial charge in [-0.15, -0.1) is 0 Å². The highest BCUT2D eigenvalue weighted by Gasteiger charge is 2.46. The standard InChI is InChI=1S/C14H26N2O3/c1-10(2)6-7-11(3)15-13(19)16-9-5-8-14(16,4)12(17)18/h10-11H,5-9H2,1-4H3,(H,15,19)(H,17,18).